The van der Waals surface area contributed by atoms with Crippen molar-refractivity contribution in [1.82, 2.24) is 0 Å². The summed E-state index contributed by atoms with van der Waals surface area (Å²) in [5.41, 5.74) is 10.6. The van der Waals surface area contributed by atoms with Gasteiger partial charge in [0, 0.05) is 16.8 Å². The monoisotopic (exact) mass is 393 g/mol. The predicted octanol–water partition coefficient (Wildman–Crippen LogP) is 8.52. The van der Waals surface area contributed by atoms with Crippen LogP contribution in [0.1, 0.15) is 51.7 Å². The molecule has 0 bridgehead atoms. The lowest BCUT2D eigenvalue weighted by Crippen LogP contribution is -2.16. The number of hydrogen-bond acceptors (Lipinski definition) is 1. The van der Waals surface area contributed by atoms with Crippen molar-refractivity contribution in [2.45, 2.75) is 46.0 Å². The van der Waals surface area contributed by atoms with Crippen LogP contribution in [0.5, 0.6) is 0 Å². The molecule has 0 atom stereocenters. The maximum atomic E-state index is 3.62. The minimum atomic E-state index is 0.0746. The van der Waals surface area contributed by atoms with Crippen LogP contribution in [0.2, 0.25) is 0 Å². The zero-order valence-corrected chi connectivity index (χ0v) is 18.5. The fourth-order valence-electron chi connectivity index (χ4n) is 4.61. The highest BCUT2D eigenvalue weighted by Crippen LogP contribution is 2.51. The fraction of sp³-hybridized carbons (Fsp3) is 0.241. The van der Waals surface area contributed by atoms with Crippen molar-refractivity contribution in [3.05, 3.63) is 102 Å². The number of fused-ring (bicyclic) bond motifs is 3. The zero-order valence-electron chi connectivity index (χ0n) is 18.5. The van der Waals surface area contributed by atoms with E-state index in [-0.39, 0.29) is 5.41 Å². The minimum Gasteiger partial charge on any atom is -0.356 e. The highest BCUT2D eigenvalue weighted by molar-refractivity contribution is 5.91. The first-order valence-corrected chi connectivity index (χ1v) is 11.1. The minimum absolute atomic E-state index is 0.0746. The summed E-state index contributed by atoms with van der Waals surface area (Å²) in [5.74, 6) is 0. The van der Waals surface area contributed by atoms with Gasteiger partial charge in [0.05, 0.1) is 0 Å². The highest BCUT2D eigenvalue weighted by Gasteiger charge is 2.38. The quantitative estimate of drug-likeness (QED) is 0.470. The molecule has 0 spiro atoms. The van der Waals surface area contributed by atoms with Crippen LogP contribution in [0.3, 0.4) is 0 Å². The Labute approximate surface area is 181 Å². The SMILES string of the molecule is CC.CC1(C)C2=CCCC=C2c2ccc(Nc3cccc(-c4ccccc4)c3)cc21. The third-order valence-corrected chi connectivity index (χ3v) is 6.07. The number of anilines is 2. The summed E-state index contributed by atoms with van der Waals surface area (Å²) in [4.78, 5) is 0. The van der Waals surface area contributed by atoms with Crippen LogP contribution < -0.4 is 5.32 Å². The van der Waals surface area contributed by atoms with E-state index in [1.165, 1.54) is 33.4 Å². The van der Waals surface area contributed by atoms with Gasteiger partial charge in [0.25, 0.3) is 0 Å². The van der Waals surface area contributed by atoms with Gasteiger partial charge in [-0.1, -0.05) is 88.4 Å². The average molecular weight is 394 g/mol. The van der Waals surface area contributed by atoms with Crippen LogP contribution in [0.25, 0.3) is 16.7 Å². The molecule has 2 aliphatic carbocycles. The van der Waals surface area contributed by atoms with E-state index in [9.17, 15) is 0 Å². The molecule has 30 heavy (non-hydrogen) atoms. The Bertz CT molecular complexity index is 1100. The van der Waals surface area contributed by atoms with E-state index in [1.807, 2.05) is 13.8 Å². The molecule has 0 amide bonds. The molecule has 3 aromatic rings. The van der Waals surface area contributed by atoms with E-state index in [2.05, 4.69) is 104 Å². The van der Waals surface area contributed by atoms with Gasteiger partial charge >= 0.3 is 0 Å². The van der Waals surface area contributed by atoms with Gasteiger partial charge in [0.15, 0.2) is 0 Å². The molecule has 3 aromatic carbocycles. The lowest BCUT2D eigenvalue weighted by molar-refractivity contribution is 0.655. The third kappa shape index (κ3) is 3.61. The number of benzene rings is 3. The summed E-state index contributed by atoms with van der Waals surface area (Å²) in [6.45, 7) is 8.70. The van der Waals surface area contributed by atoms with Gasteiger partial charge in [-0.2, -0.15) is 0 Å². The van der Waals surface area contributed by atoms with E-state index in [0.29, 0.717) is 0 Å². The maximum absolute atomic E-state index is 3.62. The fourth-order valence-corrected chi connectivity index (χ4v) is 4.61. The Morgan fingerprint density at radius 1 is 0.700 bits per heavy atom. The van der Waals surface area contributed by atoms with Crippen molar-refractivity contribution in [2.75, 3.05) is 5.32 Å². The normalized spacial score (nSPS) is 15.7. The van der Waals surface area contributed by atoms with Gasteiger partial charge in [0.2, 0.25) is 0 Å². The summed E-state index contributed by atoms with van der Waals surface area (Å²) >= 11 is 0. The lowest BCUT2D eigenvalue weighted by atomic mass is 9.80. The molecule has 0 unspecified atom stereocenters. The average Bonchev–Trinajstić information content (AvgIpc) is 3.03. The van der Waals surface area contributed by atoms with Crippen molar-refractivity contribution < 1.29 is 0 Å². The zero-order chi connectivity index (χ0) is 21.1. The molecule has 1 nitrogen and oxygen atoms in total. The van der Waals surface area contributed by atoms with Crippen LogP contribution in [-0.2, 0) is 5.41 Å². The smallest absolute Gasteiger partial charge is 0.0390 e. The van der Waals surface area contributed by atoms with Gasteiger partial charge in [-0.15, -0.1) is 0 Å². The van der Waals surface area contributed by atoms with E-state index in [0.717, 1.165) is 24.2 Å². The number of hydrogen-bond donors (Lipinski definition) is 1. The van der Waals surface area contributed by atoms with Crippen molar-refractivity contribution >= 4 is 16.9 Å². The van der Waals surface area contributed by atoms with Gasteiger partial charge in [-0.25, -0.2) is 0 Å². The molecule has 0 aliphatic heterocycles. The summed E-state index contributed by atoms with van der Waals surface area (Å²) in [7, 11) is 0. The van der Waals surface area contributed by atoms with Crippen LogP contribution in [0.15, 0.2) is 90.5 Å². The van der Waals surface area contributed by atoms with E-state index in [1.54, 1.807) is 0 Å². The predicted molar refractivity (Wildman–Crippen MR) is 131 cm³/mol. The van der Waals surface area contributed by atoms with E-state index in [4.69, 9.17) is 0 Å². The number of nitrogens with one attached hydrogen (secondary N) is 1. The molecule has 0 aromatic heterocycles. The Morgan fingerprint density at radius 3 is 2.20 bits per heavy atom. The summed E-state index contributed by atoms with van der Waals surface area (Å²) in [6.07, 6.45) is 7.17. The molecule has 0 radical (unpaired) electrons. The molecular formula is C29H31N. The Kier molecular flexibility index (Phi) is 5.63. The molecule has 0 saturated heterocycles. The Hall–Kier alpha value is -3.06. The second kappa shape index (κ2) is 8.36. The third-order valence-electron chi connectivity index (χ3n) is 6.07. The summed E-state index contributed by atoms with van der Waals surface area (Å²) in [5, 5.41) is 3.62. The first-order chi connectivity index (χ1) is 14.6. The van der Waals surface area contributed by atoms with Crippen LogP contribution >= 0.6 is 0 Å². The summed E-state index contributed by atoms with van der Waals surface area (Å²) in [6, 6.07) is 26.0. The number of allylic oxidation sites excluding steroid dienone is 4. The van der Waals surface area contributed by atoms with Crippen molar-refractivity contribution in [3.63, 3.8) is 0 Å². The topological polar surface area (TPSA) is 12.0 Å². The number of rotatable bonds is 3. The molecule has 1 heteroatoms. The molecule has 5 rings (SSSR count). The molecule has 0 saturated carbocycles. The van der Waals surface area contributed by atoms with Gasteiger partial charge in [-0.05, 0) is 70.5 Å². The largest absolute Gasteiger partial charge is 0.356 e. The second-order valence-electron chi connectivity index (χ2n) is 8.27. The molecule has 0 fully saturated rings. The van der Waals surface area contributed by atoms with Crippen molar-refractivity contribution in [1.29, 1.82) is 0 Å². The second-order valence-corrected chi connectivity index (χ2v) is 8.27. The van der Waals surface area contributed by atoms with Gasteiger partial charge in [0.1, 0.15) is 0 Å². The Morgan fingerprint density at radius 2 is 1.40 bits per heavy atom. The van der Waals surface area contributed by atoms with Crippen molar-refractivity contribution in [3.8, 4) is 11.1 Å². The van der Waals surface area contributed by atoms with Gasteiger partial charge in [-0.3, -0.25) is 0 Å². The van der Waals surface area contributed by atoms with Crippen molar-refractivity contribution in [2.24, 2.45) is 0 Å². The van der Waals surface area contributed by atoms with Crippen LogP contribution in [-0.4, -0.2) is 0 Å². The van der Waals surface area contributed by atoms with E-state index < -0.39 is 0 Å². The summed E-state index contributed by atoms with van der Waals surface area (Å²) < 4.78 is 0. The maximum Gasteiger partial charge on any atom is 0.0390 e. The molecular weight excluding hydrogens is 362 g/mol. The van der Waals surface area contributed by atoms with E-state index >= 15 is 0 Å². The first kappa shape index (κ1) is 20.2. The molecule has 1 N–H and O–H groups in total. The van der Waals surface area contributed by atoms with Crippen LogP contribution in [0.4, 0.5) is 11.4 Å². The molecule has 0 heterocycles. The lowest BCUT2D eigenvalue weighted by Gasteiger charge is -2.24. The molecule has 152 valence electrons. The first-order valence-electron chi connectivity index (χ1n) is 11.1. The van der Waals surface area contributed by atoms with Gasteiger partial charge < -0.3 is 5.32 Å². The molecule has 2 aliphatic rings. The standard InChI is InChI=1S/C27H25N.C2H6/c1-27(2)25-14-7-6-13-23(25)24-16-15-22(18-26(24)27)28-21-12-8-11-20(17-21)19-9-4-3-5-10-19;1-2/h3-5,8-18,28H,6-7H2,1-2H3;1-2H3. The Balaban J connectivity index is 0.00000106. The van der Waals surface area contributed by atoms with Crippen LogP contribution in [0, 0.1) is 0 Å². The highest BCUT2D eigenvalue weighted by atomic mass is 14.9.